The van der Waals surface area contributed by atoms with Gasteiger partial charge < -0.3 is 0 Å². The third-order valence-corrected chi connectivity index (χ3v) is 6.18. The molecule has 3 heterocycles. The number of benzene rings is 2. The first-order chi connectivity index (χ1) is 15.3. The molecular weight excluding hydrogens is 426 g/mol. The van der Waals surface area contributed by atoms with E-state index in [4.69, 9.17) is 16.6 Å². The lowest BCUT2D eigenvalue weighted by atomic mass is 10.0. The summed E-state index contributed by atoms with van der Waals surface area (Å²) in [4.78, 5) is 30.2. The van der Waals surface area contributed by atoms with Crippen molar-refractivity contribution in [1.29, 1.82) is 0 Å². The molecular formula is C24H22ClN5O2. The third-order valence-electron chi connectivity index (χ3n) is 5.92. The van der Waals surface area contributed by atoms with Crippen LogP contribution in [0.2, 0.25) is 5.02 Å². The normalized spacial score (nSPS) is 11.8. The number of halogens is 1. The van der Waals surface area contributed by atoms with Crippen LogP contribution in [0.3, 0.4) is 0 Å². The van der Waals surface area contributed by atoms with Gasteiger partial charge in [0.15, 0.2) is 11.2 Å². The van der Waals surface area contributed by atoms with Gasteiger partial charge in [-0.25, -0.2) is 4.79 Å². The van der Waals surface area contributed by atoms with Crippen molar-refractivity contribution in [3.05, 3.63) is 86.2 Å². The predicted octanol–water partition coefficient (Wildman–Crippen LogP) is 4.12. The Balaban J connectivity index is 1.90. The van der Waals surface area contributed by atoms with Crippen molar-refractivity contribution in [2.24, 2.45) is 14.1 Å². The molecule has 0 aliphatic rings. The summed E-state index contributed by atoms with van der Waals surface area (Å²) in [5.74, 6) is 0.969. The zero-order chi connectivity index (χ0) is 22.7. The van der Waals surface area contributed by atoms with Crippen LogP contribution in [0.1, 0.15) is 25.3 Å². The Morgan fingerprint density at radius 2 is 1.56 bits per heavy atom. The van der Waals surface area contributed by atoms with Crippen molar-refractivity contribution >= 4 is 28.5 Å². The van der Waals surface area contributed by atoms with Gasteiger partial charge in [-0.2, -0.15) is 4.98 Å². The van der Waals surface area contributed by atoms with E-state index in [0.717, 1.165) is 21.5 Å². The molecule has 2 aromatic carbocycles. The van der Waals surface area contributed by atoms with E-state index in [2.05, 4.69) is 26.0 Å². The van der Waals surface area contributed by atoms with Crippen molar-refractivity contribution in [1.82, 2.24) is 23.1 Å². The Kier molecular flexibility index (Phi) is 4.60. The molecule has 0 aliphatic heterocycles. The highest BCUT2D eigenvalue weighted by molar-refractivity contribution is 6.30. The standard InChI is InChI=1S/C24H22ClN5O2/c1-14(2)15-7-11-18(12-8-15)30-19(16-5-9-17(25)10-6-16)13-29-20-21(26-23(29)30)27(3)24(32)28(4)22(20)31/h5-14H,1-4H3. The highest BCUT2D eigenvalue weighted by Crippen LogP contribution is 2.30. The van der Waals surface area contributed by atoms with Gasteiger partial charge in [0, 0.05) is 36.6 Å². The van der Waals surface area contributed by atoms with Crippen LogP contribution >= 0.6 is 11.6 Å². The quantitative estimate of drug-likeness (QED) is 0.418. The van der Waals surface area contributed by atoms with Crippen molar-refractivity contribution < 1.29 is 0 Å². The van der Waals surface area contributed by atoms with Gasteiger partial charge in [0.1, 0.15) is 0 Å². The molecule has 3 aromatic heterocycles. The minimum Gasteiger partial charge on any atom is -0.279 e. The van der Waals surface area contributed by atoms with E-state index in [1.807, 2.05) is 47.2 Å². The van der Waals surface area contributed by atoms with Crippen LogP contribution < -0.4 is 11.2 Å². The summed E-state index contributed by atoms with van der Waals surface area (Å²) >= 11 is 6.11. The fourth-order valence-corrected chi connectivity index (χ4v) is 4.18. The highest BCUT2D eigenvalue weighted by atomic mass is 35.5. The van der Waals surface area contributed by atoms with Gasteiger partial charge in [0.25, 0.3) is 5.56 Å². The van der Waals surface area contributed by atoms with Gasteiger partial charge in [0.05, 0.1) is 5.69 Å². The Morgan fingerprint density at radius 3 is 2.19 bits per heavy atom. The largest absolute Gasteiger partial charge is 0.332 e. The average Bonchev–Trinajstić information content (AvgIpc) is 3.33. The van der Waals surface area contributed by atoms with E-state index in [1.165, 1.54) is 17.2 Å². The smallest absolute Gasteiger partial charge is 0.279 e. The molecule has 0 saturated heterocycles. The molecule has 0 saturated carbocycles. The maximum Gasteiger partial charge on any atom is 0.332 e. The molecule has 5 rings (SSSR count). The molecule has 8 heteroatoms. The number of hydrogen-bond acceptors (Lipinski definition) is 3. The van der Waals surface area contributed by atoms with Crippen LogP contribution in [0.5, 0.6) is 0 Å². The molecule has 0 bridgehead atoms. The summed E-state index contributed by atoms with van der Waals surface area (Å²) in [6, 6.07) is 15.8. The SMILES string of the molecule is CC(C)c1ccc(-n2c(-c3ccc(Cl)cc3)cn3c4c(=O)n(C)c(=O)n(C)c4nc23)cc1. The van der Waals surface area contributed by atoms with E-state index < -0.39 is 5.69 Å². The Labute approximate surface area is 188 Å². The molecule has 0 aliphatic carbocycles. The molecule has 0 radical (unpaired) electrons. The van der Waals surface area contributed by atoms with E-state index in [0.29, 0.717) is 27.9 Å². The summed E-state index contributed by atoms with van der Waals surface area (Å²) in [6.45, 7) is 4.30. The van der Waals surface area contributed by atoms with Gasteiger partial charge in [-0.15, -0.1) is 0 Å². The molecule has 32 heavy (non-hydrogen) atoms. The highest BCUT2D eigenvalue weighted by Gasteiger charge is 2.21. The van der Waals surface area contributed by atoms with Crippen LogP contribution in [-0.4, -0.2) is 23.1 Å². The minimum absolute atomic E-state index is 0.350. The summed E-state index contributed by atoms with van der Waals surface area (Å²) in [6.07, 6.45) is 1.89. The molecule has 7 nitrogen and oxygen atoms in total. The van der Waals surface area contributed by atoms with Crippen molar-refractivity contribution in [2.45, 2.75) is 19.8 Å². The van der Waals surface area contributed by atoms with Gasteiger partial charge in [-0.1, -0.05) is 49.7 Å². The maximum absolute atomic E-state index is 13.0. The number of rotatable bonds is 3. The molecule has 0 spiro atoms. The molecule has 0 N–H and O–H groups in total. The fourth-order valence-electron chi connectivity index (χ4n) is 4.06. The third kappa shape index (κ3) is 2.92. The first-order valence-electron chi connectivity index (χ1n) is 10.3. The van der Waals surface area contributed by atoms with E-state index in [-0.39, 0.29) is 5.56 Å². The lowest BCUT2D eigenvalue weighted by Crippen LogP contribution is -2.37. The predicted molar refractivity (Wildman–Crippen MR) is 127 cm³/mol. The fraction of sp³-hybridized carbons (Fsp3) is 0.208. The summed E-state index contributed by atoms with van der Waals surface area (Å²) < 4.78 is 6.26. The van der Waals surface area contributed by atoms with Crippen LogP contribution in [0.15, 0.2) is 64.3 Å². The molecule has 5 aromatic rings. The zero-order valence-corrected chi connectivity index (χ0v) is 19.0. The van der Waals surface area contributed by atoms with E-state index in [9.17, 15) is 9.59 Å². The first kappa shape index (κ1) is 20.3. The summed E-state index contributed by atoms with van der Waals surface area (Å²) in [5, 5.41) is 0.646. The number of hydrogen-bond donors (Lipinski definition) is 0. The molecule has 0 unspecified atom stereocenters. The van der Waals surface area contributed by atoms with Crippen molar-refractivity contribution in [3.8, 4) is 16.9 Å². The van der Waals surface area contributed by atoms with Crippen molar-refractivity contribution in [2.75, 3.05) is 0 Å². The minimum atomic E-state index is -0.408. The van der Waals surface area contributed by atoms with Crippen LogP contribution in [-0.2, 0) is 14.1 Å². The Morgan fingerprint density at radius 1 is 0.906 bits per heavy atom. The van der Waals surface area contributed by atoms with Gasteiger partial charge >= 0.3 is 5.69 Å². The first-order valence-corrected chi connectivity index (χ1v) is 10.7. The number of fused-ring (bicyclic) bond motifs is 3. The monoisotopic (exact) mass is 447 g/mol. The van der Waals surface area contributed by atoms with Gasteiger partial charge in [0.2, 0.25) is 5.78 Å². The molecule has 162 valence electrons. The van der Waals surface area contributed by atoms with E-state index in [1.54, 1.807) is 11.4 Å². The van der Waals surface area contributed by atoms with Crippen LogP contribution in [0.4, 0.5) is 0 Å². The second-order valence-electron chi connectivity index (χ2n) is 8.26. The van der Waals surface area contributed by atoms with Crippen molar-refractivity contribution in [3.63, 3.8) is 0 Å². The second-order valence-corrected chi connectivity index (χ2v) is 8.70. The van der Waals surface area contributed by atoms with E-state index >= 15 is 0 Å². The van der Waals surface area contributed by atoms with Gasteiger partial charge in [-0.3, -0.25) is 22.9 Å². The van der Waals surface area contributed by atoms with Gasteiger partial charge in [-0.05, 0) is 35.7 Å². The molecule has 0 atom stereocenters. The topological polar surface area (TPSA) is 66.2 Å². The molecule has 0 fully saturated rings. The summed E-state index contributed by atoms with van der Waals surface area (Å²) in [7, 11) is 3.10. The lowest BCUT2D eigenvalue weighted by Gasteiger charge is -2.11. The average molecular weight is 448 g/mol. The maximum atomic E-state index is 13.0. The van der Waals surface area contributed by atoms with Crippen LogP contribution in [0, 0.1) is 0 Å². The van der Waals surface area contributed by atoms with Crippen LogP contribution in [0.25, 0.3) is 33.9 Å². The zero-order valence-electron chi connectivity index (χ0n) is 18.2. The number of nitrogens with zero attached hydrogens (tertiary/aromatic N) is 5. The number of aryl methyl sites for hydroxylation is 1. The summed E-state index contributed by atoms with van der Waals surface area (Å²) in [5.41, 5.74) is 3.85. The Bertz CT molecular complexity index is 1600. The Hall–Kier alpha value is -3.58. The lowest BCUT2D eigenvalue weighted by molar-refractivity contribution is 0.708. The number of aromatic nitrogens is 5. The molecule has 0 amide bonds. The number of imidazole rings is 2. The second kappa shape index (κ2) is 7.24.